The quantitative estimate of drug-likeness (QED) is 0.460. The van der Waals surface area contributed by atoms with E-state index in [0.717, 1.165) is 42.5 Å². The Labute approximate surface area is 214 Å². The molecule has 1 aromatic heterocycles. The van der Waals surface area contributed by atoms with Crippen molar-refractivity contribution in [3.8, 4) is 11.8 Å². The van der Waals surface area contributed by atoms with Gasteiger partial charge in [0, 0.05) is 49.5 Å². The number of nitrogens with zero attached hydrogens (tertiary/aromatic N) is 5. The van der Waals surface area contributed by atoms with E-state index < -0.39 is 10.0 Å². The maximum absolute atomic E-state index is 13.2. The Balaban J connectivity index is 1.18. The zero-order valence-electron chi connectivity index (χ0n) is 19.9. The highest BCUT2D eigenvalue weighted by atomic mass is 32.2. The van der Waals surface area contributed by atoms with E-state index in [1.807, 2.05) is 13.0 Å². The predicted molar refractivity (Wildman–Crippen MR) is 134 cm³/mol. The smallest absolute Gasteiger partial charge is 0.243 e. The molecular weight excluding hydrogens is 501 g/mol. The van der Waals surface area contributed by atoms with Gasteiger partial charge in [0.15, 0.2) is 0 Å². The molecule has 2 aliphatic heterocycles. The summed E-state index contributed by atoms with van der Waals surface area (Å²) in [6.07, 6.45) is 2.10. The van der Waals surface area contributed by atoms with Crippen molar-refractivity contribution >= 4 is 26.7 Å². The molecule has 1 spiro atoms. The zero-order valence-corrected chi connectivity index (χ0v) is 21.5. The standard InChI is InChI=1S/C25H26FN5O3S2/c1-2-34-22-8-7-21(14-19(22)15-27)36(32,33)31-11-9-25(10-12-31)16-30(17-25)24-28-23(29-35-24)13-18-3-5-20(26)6-4-18/h3-8,14H,2,9-13,16-17H2,1H3. The fourth-order valence-electron chi connectivity index (χ4n) is 4.83. The number of halogens is 1. The molecule has 11 heteroatoms. The maximum atomic E-state index is 13.2. The molecule has 8 nitrogen and oxygen atoms in total. The van der Waals surface area contributed by atoms with Crippen LogP contribution in [0.15, 0.2) is 47.4 Å². The number of hydrogen-bond acceptors (Lipinski definition) is 8. The third-order valence-electron chi connectivity index (χ3n) is 6.85. The maximum Gasteiger partial charge on any atom is 0.243 e. The average Bonchev–Trinajstić information content (AvgIpc) is 3.32. The summed E-state index contributed by atoms with van der Waals surface area (Å²) in [6, 6.07) is 12.8. The van der Waals surface area contributed by atoms with Gasteiger partial charge < -0.3 is 9.64 Å². The Morgan fingerprint density at radius 2 is 1.89 bits per heavy atom. The molecular formula is C25H26FN5O3S2. The van der Waals surface area contributed by atoms with Crippen molar-refractivity contribution in [1.82, 2.24) is 13.7 Å². The van der Waals surface area contributed by atoms with Gasteiger partial charge in [-0.1, -0.05) is 12.1 Å². The summed E-state index contributed by atoms with van der Waals surface area (Å²) in [5.74, 6) is 0.848. The first-order valence-electron chi connectivity index (χ1n) is 11.8. The van der Waals surface area contributed by atoms with Crippen LogP contribution < -0.4 is 9.64 Å². The van der Waals surface area contributed by atoms with E-state index >= 15 is 0 Å². The number of rotatable bonds is 7. The van der Waals surface area contributed by atoms with Crippen LogP contribution in [0.2, 0.25) is 0 Å². The minimum Gasteiger partial charge on any atom is -0.492 e. The summed E-state index contributed by atoms with van der Waals surface area (Å²) in [7, 11) is -3.69. The summed E-state index contributed by atoms with van der Waals surface area (Å²) >= 11 is 1.36. The second-order valence-corrected chi connectivity index (χ2v) is 11.9. The van der Waals surface area contributed by atoms with Gasteiger partial charge in [-0.25, -0.2) is 17.8 Å². The molecule has 0 atom stereocenters. The van der Waals surface area contributed by atoms with Gasteiger partial charge >= 0.3 is 0 Å². The first-order chi connectivity index (χ1) is 17.3. The van der Waals surface area contributed by atoms with Crippen molar-refractivity contribution in [2.75, 3.05) is 37.7 Å². The SMILES string of the molecule is CCOc1ccc(S(=O)(=O)N2CCC3(CC2)CN(c2nc(Cc4ccc(F)cc4)ns2)C3)cc1C#N. The minimum atomic E-state index is -3.69. The Kier molecular flexibility index (Phi) is 6.68. The molecule has 0 saturated carbocycles. The number of nitriles is 1. The lowest BCUT2D eigenvalue weighted by molar-refractivity contribution is 0.114. The van der Waals surface area contributed by atoms with Crippen LogP contribution in [0.3, 0.4) is 0 Å². The number of aromatic nitrogens is 2. The van der Waals surface area contributed by atoms with Crippen LogP contribution in [0.1, 0.15) is 36.7 Å². The number of piperidine rings is 1. The van der Waals surface area contributed by atoms with Gasteiger partial charge in [0.2, 0.25) is 15.2 Å². The van der Waals surface area contributed by atoms with Gasteiger partial charge in [-0.3, -0.25) is 0 Å². The summed E-state index contributed by atoms with van der Waals surface area (Å²) in [4.78, 5) is 6.97. The van der Waals surface area contributed by atoms with Crippen LogP contribution in [0, 0.1) is 22.6 Å². The molecule has 188 valence electrons. The van der Waals surface area contributed by atoms with Gasteiger partial charge in [-0.2, -0.15) is 13.9 Å². The van der Waals surface area contributed by atoms with Crippen molar-refractivity contribution in [3.63, 3.8) is 0 Å². The number of anilines is 1. The second kappa shape index (κ2) is 9.76. The zero-order chi connectivity index (χ0) is 25.3. The van der Waals surface area contributed by atoms with Crippen molar-refractivity contribution in [2.24, 2.45) is 5.41 Å². The predicted octanol–water partition coefficient (Wildman–Crippen LogP) is 3.83. The topological polar surface area (TPSA) is 99.4 Å². The summed E-state index contributed by atoms with van der Waals surface area (Å²) < 4.78 is 51.0. The molecule has 3 aromatic rings. The molecule has 0 amide bonds. The Hall–Kier alpha value is -3.07. The fraction of sp³-hybridized carbons (Fsp3) is 0.400. The molecule has 3 heterocycles. The van der Waals surface area contributed by atoms with Crippen molar-refractivity contribution in [3.05, 3.63) is 65.2 Å². The van der Waals surface area contributed by atoms with Crippen LogP contribution in [-0.2, 0) is 16.4 Å². The monoisotopic (exact) mass is 527 g/mol. The van der Waals surface area contributed by atoms with Crippen molar-refractivity contribution in [2.45, 2.75) is 31.1 Å². The fourth-order valence-corrected chi connectivity index (χ4v) is 6.98. The lowest BCUT2D eigenvalue weighted by Crippen LogP contribution is -2.61. The first kappa shape index (κ1) is 24.6. The van der Waals surface area contributed by atoms with E-state index in [0.29, 0.717) is 31.9 Å². The summed E-state index contributed by atoms with van der Waals surface area (Å²) in [5, 5.41) is 10.3. The number of hydrogen-bond donors (Lipinski definition) is 0. The van der Waals surface area contributed by atoms with E-state index in [2.05, 4.69) is 14.3 Å². The molecule has 2 aliphatic rings. The second-order valence-electron chi connectivity index (χ2n) is 9.26. The van der Waals surface area contributed by atoms with Crippen LogP contribution in [-0.4, -0.2) is 54.9 Å². The van der Waals surface area contributed by atoms with Crippen LogP contribution in [0.25, 0.3) is 0 Å². The van der Waals surface area contributed by atoms with E-state index in [9.17, 15) is 18.1 Å². The van der Waals surface area contributed by atoms with Gasteiger partial charge in [0.05, 0.1) is 17.1 Å². The van der Waals surface area contributed by atoms with Crippen LogP contribution >= 0.6 is 11.5 Å². The molecule has 5 rings (SSSR count). The van der Waals surface area contributed by atoms with Crippen molar-refractivity contribution < 1.29 is 17.5 Å². The van der Waals surface area contributed by atoms with Gasteiger partial charge in [0.25, 0.3) is 0 Å². The number of benzene rings is 2. The Morgan fingerprint density at radius 3 is 2.56 bits per heavy atom. The van der Waals surface area contributed by atoms with Crippen molar-refractivity contribution in [1.29, 1.82) is 5.26 Å². The highest BCUT2D eigenvalue weighted by molar-refractivity contribution is 7.89. The van der Waals surface area contributed by atoms with E-state index in [1.54, 1.807) is 18.2 Å². The largest absolute Gasteiger partial charge is 0.492 e. The summed E-state index contributed by atoms with van der Waals surface area (Å²) in [6.45, 7) is 4.75. The van der Waals surface area contributed by atoms with Gasteiger partial charge in [0.1, 0.15) is 23.5 Å². The molecule has 2 saturated heterocycles. The molecule has 0 radical (unpaired) electrons. The van der Waals surface area contributed by atoms with Gasteiger partial charge in [-0.05, 0) is 55.7 Å². The number of ether oxygens (including phenoxy) is 1. The highest BCUT2D eigenvalue weighted by Crippen LogP contribution is 2.44. The summed E-state index contributed by atoms with van der Waals surface area (Å²) in [5.41, 5.74) is 1.26. The molecule has 0 unspecified atom stereocenters. The molecule has 0 N–H and O–H groups in total. The average molecular weight is 528 g/mol. The third kappa shape index (κ3) is 4.81. The lowest BCUT2D eigenvalue weighted by atomic mass is 9.73. The molecule has 36 heavy (non-hydrogen) atoms. The van der Waals surface area contributed by atoms with E-state index in [4.69, 9.17) is 4.74 Å². The van der Waals surface area contributed by atoms with Crippen LogP contribution in [0.4, 0.5) is 9.52 Å². The minimum absolute atomic E-state index is 0.0748. The molecule has 2 aromatic carbocycles. The van der Waals surface area contributed by atoms with E-state index in [1.165, 1.54) is 40.1 Å². The van der Waals surface area contributed by atoms with Crippen LogP contribution in [0.5, 0.6) is 5.75 Å². The first-order valence-corrected chi connectivity index (χ1v) is 14.0. The Bertz CT molecular complexity index is 1390. The van der Waals surface area contributed by atoms with E-state index in [-0.39, 0.29) is 21.7 Å². The molecule has 0 bridgehead atoms. The lowest BCUT2D eigenvalue weighted by Gasteiger charge is -2.53. The molecule has 0 aliphatic carbocycles. The normalized spacial score (nSPS) is 17.5. The van der Waals surface area contributed by atoms with Gasteiger partial charge in [-0.15, -0.1) is 0 Å². The molecule has 2 fully saturated rings. The Morgan fingerprint density at radius 1 is 1.17 bits per heavy atom. The number of sulfonamides is 1. The third-order valence-corrected chi connectivity index (χ3v) is 9.56. The highest BCUT2D eigenvalue weighted by Gasteiger charge is 2.47.